The minimum absolute atomic E-state index is 0.149. The molecule has 104 valence electrons. The zero-order valence-corrected chi connectivity index (χ0v) is 12.6. The first-order chi connectivity index (χ1) is 9.66. The van der Waals surface area contributed by atoms with E-state index >= 15 is 0 Å². The molecule has 0 aromatic heterocycles. The number of nitro groups is 1. The Bertz CT molecular complexity index is 554. The van der Waals surface area contributed by atoms with Crippen LogP contribution in [0.15, 0.2) is 54.6 Å². The molecular formula is C16H16BrNO2. The molecule has 0 aliphatic heterocycles. The van der Waals surface area contributed by atoms with Gasteiger partial charge in [-0.3, -0.25) is 10.1 Å². The maximum Gasteiger partial charge on any atom is 0.269 e. The lowest BCUT2D eigenvalue weighted by Gasteiger charge is -2.09. The molecule has 0 N–H and O–H groups in total. The molecule has 2 rings (SSSR count). The summed E-state index contributed by atoms with van der Waals surface area (Å²) in [5.74, 6) is 0. The van der Waals surface area contributed by atoms with Gasteiger partial charge in [0.1, 0.15) is 0 Å². The quantitative estimate of drug-likeness (QED) is 0.421. The fourth-order valence-corrected chi connectivity index (χ4v) is 2.73. The molecule has 0 aliphatic carbocycles. The molecule has 1 unspecified atom stereocenters. The number of nitrogens with zero attached hydrogens (tertiary/aromatic N) is 1. The van der Waals surface area contributed by atoms with Crippen molar-refractivity contribution in [3.05, 3.63) is 75.8 Å². The minimum Gasteiger partial charge on any atom is -0.258 e. The van der Waals surface area contributed by atoms with Crippen LogP contribution in [-0.2, 0) is 6.42 Å². The van der Waals surface area contributed by atoms with Crippen LogP contribution in [0, 0.1) is 10.1 Å². The summed E-state index contributed by atoms with van der Waals surface area (Å²) in [4.78, 5) is 10.6. The van der Waals surface area contributed by atoms with Crippen molar-refractivity contribution in [3.63, 3.8) is 0 Å². The Balaban J connectivity index is 1.82. The van der Waals surface area contributed by atoms with Crippen molar-refractivity contribution < 1.29 is 4.92 Å². The summed E-state index contributed by atoms with van der Waals surface area (Å²) in [7, 11) is 0. The average Bonchev–Trinajstić information content (AvgIpc) is 2.48. The first kappa shape index (κ1) is 14.7. The van der Waals surface area contributed by atoms with Crippen molar-refractivity contribution >= 4 is 21.6 Å². The highest BCUT2D eigenvalue weighted by Gasteiger charge is 2.07. The number of alkyl halides is 1. The van der Waals surface area contributed by atoms with Gasteiger partial charge >= 0.3 is 0 Å². The smallest absolute Gasteiger partial charge is 0.258 e. The van der Waals surface area contributed by atoms with E-state index in [9.17, 15) is 10.1 Å². The van der Waals surface area contributed by atoms with Gasteiger partial charge in [-0.2, -0.15) is 0 Å². The van der Waals surface area contributed by atoms with E-state index in [1.807, 2.05) is 30.3 Å². The van der Waals surface area contributed by atoms with E-state index in [4.69, 9.17) is 0 Å². The Labute approximate surface area is 126 Å². The highest BCUT2D eigenvalue weighted by Crippen LogP contribution is 2.28. The molecule has 0 radical (unpaired) electrons. The fourth-order valence-electron chi connectivity index (χ4n) is 2.10. The summed E-state index contributed by atoms with van der Waals surface area (Å²) in [5, 5.41) is 10.6. The van der Waals surface area contributed by atoms with Gasteiger partial charge in [-0.05, 0) is 30.4 Å². The fraction of sp³-hybridized carbons (Fsp3) is 0.250. The average molecular weight is 334 g/mol. The first-order valence-corrected chi connectivity index (χ1v) is 7.51. The van der Waals surface area contributed by atoms with Crippen LogP contribution < -0.4 is 0 Å². The van der Waals surface area contributed by atoms with E-state index < -0.39 is 0 Å². The number of non-ortho nitro benzene ring substituents is 1. The molecule has 0 fully saturated rings. The van der Waals surface area contributed by atoms with Gasteiger partial charge < -0.3 is 0 Å². The summed E-state index contributed by atoms with van der Waals surface area (Å²) in [6, 6.07) is 17.1. The molecule has 0 saturated heterocycles. The van der Waals surface area contributed by atoms with E-state index in [0.29, 0.717) is 4.83 Å². The molecule has 0 heterocycles. The lowest BCUT2D eigenvalue weighted by molar-refractivity contribution is -0.384. The van der Waals surface area contributed by atoms with Crippen molar-refractivity contribution in [1.82, 2.24) is 0 Å². The number of hydrogen-bond acceptors (Lipinski definition) is 2. The highest BCUT2D eigenvalue weighted by atomic mass is 79.9. The summed E-state index contributed by atoms with van der Waals surface area (Å²) >= 11 is 3.70. The van der Waals surface area contributed by atoms with Crippen LogP contribution in [0.3, 0.4) is 0 Å². The Kier molecular flexibility index (Phi) is 5.30. The second kappa shape index (κ2) is 7.20. The molecule has 0 saturated carbocycles. The van der Waals surface area contributed by atoms with Gasteiger partial charge in [0.15, 0.2) is 0 Å². The second-order valence-corrected chi connectivity index (χ2v) is 5.80. The normalized spacial score (nSPS) is 12.1. The van der Waals surface area contributed by atoms with Gasteiger partial charge in [0.25, 0.3) is 5.69 Å². The van der Waals surface area contributed by atoms with Crippen molar-refractivity contribution in [2.24, 2.45) is 0 Å². The number of aryl methyl sites for hydroxylation is 1. The Hall–Kier alpha value is -1.68. The molecule has 3 nitrogen and oxygen atoms in total. The monoisotopic (exact) mass is 333 g/mol. The number of nitro benzene ring substituents is 1. The standard InChI is InChI=1S/C16H16BrNO2/c17-16(14-6-2-1-3-7-14)8-4-5-13-9-11-15(12-10-13)18(19)20/h1-3,6-7,9-12,16H,4-5,8H2. The molecular weight excluding hydrogens is 318 g/mol. The van der Waals surface area contributed by atoms with E-state index in [1.165, 1.54) is 5.56 Å². The van der Waals surface area contributed by atoms with Gasteiger partial charge in [0.05, 0.1) is 4.92 Å². The lowest BCUT2D eigenvalue weighted by Crippen LogP contribution is -1.93. The minimum atomic E-state index is -0.367. The summed E-state index contributed by atoms with van der Waals surface area (Å²) in [6.07, 6.45) is 3.02. The van der Waals surface area contributed by atoms with Gasteiger partial charge in [0.2, 0.25) is 0 Å². The zero-order chi connectivity index (χ0) is 14.4. The molecule has 2 aromatic carbocycles. The van der Waals surface area contributed by atoms with Gasteiger partial charge in [-0.25, -0.2) is 0 Å². The molecule has 20 heavy (non-hydrogen) atoms. The molecule has 0 spiro atoms. The van der Waals surface area contributed by atoms with Gasteiger partial charge in [-0.15, -0.1) is 0 Å². The molecule has 4 heteroatoms. The largest absolute Gasteiger partial charge is 0.269 e. The molecule has 0 aliphatic rings. The van der Waals surface area contributed by atoms with Crippen LogP contribution in [-0.4, -0.2) is 4.92 Å². The van der Waals surface area contributed by atoms with Crippen molar-refractivity contribution in [1.29, 1.82) is 0 Å². The third-order valence-corrected chi connectivity index (χ3v) is 4.22. The summed E-state index contributed by atoms with van der Waals surface area (Å²) in [6.45, 7) is 0. The van der Waals surface area contributed by atoms with Crippen LogP contribution in [0.4, 0.5) is 5.69 Å². The SMILES string of the molecule is O=[N+]([O-])c1ccc(CCCC(Br)c2ccccc2)cc1. The number of benzene rings is 2. The lowest BCUT2D eigenvalue weighted by atomic mass is 10.0. The Morgan fingerprint density at radius 2 is 1.70 bits per heavy atom. The van der Waals surface area contributed by atoms with E-state index in [-0.39, 0.29) is 10.6 Å². The number of halogens is 1. The number of rotatable bonds is 6. The highest BCUT2D eigenvalue weighted by molar-refractivity contribution is 9.09. The van der Waals surface area contributed by atoms with E-state index in [1.54, 1.807) is 12.1 Å². The Morgan fingerprint density at radius 3 is 2.30 bits per heavy atom. The third kappa shape index (κ3) is 4.17. The molecule has 2 aromatic rings. The summed E-state index contributed by atoms with van der Waals surface area (Å²) < 4.78 is 0. The van der Waals surface area contributed by atoms with Crippen LogP contribution in [0.2, 0.25) is 0 Å². The van der Waals surface area contributed by atoms with Crippen molar-refractivity contribution in [2.75, 3.05) is 0 Å². The van der Waals surface area contributed by atoms with Gasteiger partial charge in [-0.1, -0.05) is 58.4 Å². The van der Waals surface area contributed by atoms with Crippen molar-refractivity contribution in [3.8, 4) is 0 Å². The predicted molar refractivity (Wildman–Crippen MR) is 84.1 cm³/mol. The van der Waals surface area contributed by atoms with Crippen LogP contribution in [0.1, 0.15) is 28.8 Å². The molecule has 0 amide bonds. The third-order valence-electron chi connectivity index (χ3n) is 3.23. The van der Waals surface area contributed by atoms with Crippen LogP contribution in [0.5, 0.6) is 0 Å². The van der Waals surface area contributed by atoms with E-state index in [2.05, 4.69) is 28.1 Å². The molecule has 0 bridgehead atoms. The first-order valence-electron chi connectivity index (χ1n) is 6.59. The molecule has 1 atom stereocenters. The second-order valence-electron chi connectivity index (χ2n) is 4.69. The number of hydrogen-bond donors (Lipinski definition) is 0. The maximum absolute atomic E-state index is 10.6. The Morgan fingerprint density at radius 1 is 1.05 bits per heavy atom. The predicted octanol–water partition coefficient (Wildman–Crippen LogP) is 5.05. The van der Waals surface area contributed by atoms with E-state index in [0.717, 1.165) is 24.8 Å². The maximum atomic E-state index is 10.6. The summed E-state index contributed by atoms with van der Waals surface area (Å²) in [5.41, 5.74) is 2.58. The topological polar surface area (TPSA) is 43.1 Å². The van der Waals surface area contributed by atoms with Crippen LogP contribution >= 0.6 is 15.9 Å². The van der Waals surface area contributed by atoms with Crippen molar-refractivity contribution in [2.45, 2.75) is 24.1 Å². The van der Waals surface area contributed by atoms with Crippen LogP contribution in [0.25, 0.3) is 0 Å². The van der Waals surface area contributed by atoms with Gasteiger partial charge in [0, 0.05) is 17.0 Å². The zero-order valence-electron chi connectivity index (χ0n) is 11.0.